The lowest BCUT2D eigenvalue weighted by atomic mass is 10.2. The van der Waals surface area contributed by atoms with Gasteiger partial charge in [0.05, 0.1) is 13.2 Å². The monoisotopic (exact) mass is 437 g/mol. The molecule has 1 aliphatic heterocycles. The maximum atomic E-state index is 9.56. The Bertz CT molecular complexity index is 1080. The van der Waals surface area contributed by atoms with Crippen molar-refractivity contribution in [2.45, 2.75) is 32.4 Å². The summed E-state index contributed by atoms with van der Waals surface area (Å²) in [4.78, 5) is 20.1. The van der Waals surface area contributed by atoms with Crippen LogP contribution in [0, 0.1) is 11.3 Å². The molecule has 31 heavy (non-hydrogen) atoms. The third-order valence-corrected chi connectivity index (χ3v) is 6.85. The molecule has 0 radical (unpaired) electrons. The van der Waals surface area contributed by atoms with E-state index in [0.717, 1.165) is 17.4 Å². The molecule has 0 N–H and O–H groups in total. The average molecular weight is 438 g/mol. The Morgan fingerprint density at radius 2 is 1.87 bits per heavy atom. The Morgan fingerprint density at radius 1 is 1.13 bits per heavy atom. The summed E-state index contributed by atoms with van der Waals surface area (Å²) in [6, 6.07) is 6.99. The number of pyridine rings is 1. The van der Waals surface area contributed by atoms with Crippen LogP contribution in [0.2, 0.25) is 25.7 Å². The Labute approximate surface area is 182 Å². The second-order valence-electron chi connectivity index (χ2n) is 8.70. The fourth-order valence-corrected chi connectivity index (χ4v) is 4.17. The van der Waals surface area contributed by atoms with Gasteiger partial charge in [-0.3, -0.25) is 9.55 Å². The summed E-state index contributed by atoms with van der Waals surface area (Å²) in [7, 11) is -1.20. The molecule has 0 unspecified atom stereocenters. The summed E-state index contributed by atoms with van der Waals surface area (Å²) in [5.74, 6) is 1.52. The van der Waals surface area contributed by atoms with Crippen LogP contribution in [0.1, 0.15) is 5.82 Å². The zero-order valence-corrected chi connectivity index (χ0v) is 19.2. The van der Waals surface area contributed by atoms with Gasteiger partial charge in [0, 0.05) is 45.7 Å². The number of imidazole rings is 1. The third-order valence-electron chi connectivity index (χ3n) is 5.14. The van der Waals surface area contributed by atoms with Crippen LogP contribution in [0.4, 0.5) is 5.82 Å². The fraction of sp³-hybridized carbons (Fsp3) is 0.476. The number of anilines is 1. The van der Waals surface area contributed by atoms with Gasteiger partial charge in [0.25, 0.3) is 0 Å². The molecule has 1 fully saturated rings. The number of fused-ring (bicyclic) bond motifs is 1. The molecule has 0 spiro atoms. The van der Waals surface area contributed by atoms with E-state index >= 15 is 0 Å². The normalized spacial score (nSPS) is 14.7. The summed E-state index contributed by atoms with van der Waals surface area (Å²) < 4.78 is 13.5. The molecule has 10 heteroatoms. The molecule has 0 bridgehead atoms. The second kappa shape index (κ2) is 9.09. The molecule has 0 atom stereocenters. The van der Waals surface area contributed by atoms with E-state index in [1.165, 1.54) is 0 Å². The molecule has 9 nitrogen and oxygen atoms in total. The quantitative estimate of drug-likeness (QED) is 0.411. The maximum absolute atomic E-state index is 9.56. The lowest BCUT2D eigenvalue weighted by molar-refractivity contribution is 0.0906. The summed E-state index contributed by atoms with van der Waals surface area (Å²) in [5, 5.41) is 9.56. The standard InChI is InChI=1S/C21H27N7O2Si/c1-31(2,3)13-12-30-15-28-19(16-4-6-23-7-5-16)26-18-20(27-8-10-29-11-9-27)24-17(14-22)25-21(18)28/h4-7H,8-13,15H2,1-3H3. The molecule has 1 aliphatic rings. The highest BCUT2D eigenvalue weighted by Gasteiger charge is 2.24. The highest BCUT2D eigenvalue weighted by Crippen LogP contribution is 2.29. The van der Waals surface area contributed by atoms with Gasteiger partial charge in [0.1, 0.15) is 18.6 Å². The van der Waals surface area contributed by atoms with E-state index in [9.17, 15) is 5.26 Å². The van der Waals surface area contributed by atoms with Crippen molar-refractivity contribution in [1.29, 1.82) is 5.26 Å². The zero-order valence-electron chi connectivity index (χ0n) is 18.2. The predicted molar refractivity (Wildman–Crippen MR) is 120 cm³/mol. The number of aromatic nitrogens is 5. The SMILES string of the molecule is C[Si](C)(C)CCOCn1c(-c2ccncc2)nc2c(N3CCOCC3)nc(C#N)nc21. The first-order valence-corrected chi connectivity index (χ1v) is 14.2. The highest BCUT2D eigenvalue weighted by atomic mass is 28.3. The lowest BCUT2D eigenvalue weighted by Crippen LogP contribution is -2.37. The zero-order chi connectivity index (χ0) is 21.8. The largest absolute Gasteiger partial charge is 0.378 e. The van der Waals surface area contributed by atoms with E-state index in [1.54, 1.807) is 12.4 Å². The number of nitrogens with zero attached hydrogens (tertiary/aromatic N) is 7. The van der Waals surface area contributed by atoms with Crippen LogP contribution in [0.3, 0.4) is 0 Å². The highest BCUT2D eigenvalue weighted by molar-refractivity contribution is 6.76. The maximum Gasteiger partial charge on any atom is 0.236 e. The third kappa shape index (κ3) is 4.90. The van der Waals surface area contributed by atoms with Crippen LogP contribution >= 0.6 is 0 Å². The predicted octanol–water partition coefficient (Wildman–Crippen LogP) is 2.91. The van der Waals surface area contributed by atoms with Crippen molar-refractivity contribution in [2.75, 3.05) is 37.8 Å². The molecule has 0 aliphatic carbocycles. The van der Waals surface area contributed by atoms with E-state index < -0.39 is 8.07 Å². The van der Waals surface area contributed by atoms with Gasteiger partial charge in [0.15, 0.2) is 17.0 Å². The minimum absolute atomic E-state index is 0.124. The van der Waals surface area contributed by atoms with Crippen LogP contribution in [-0.4, -0.2) is 65.5 Å². The first kappa shape index (κ1) is 21.4. The minimum Gasteiger partial charge on any atom is -0.378 e. The van der Waals surface area contributed by atoms with Crippen LogP contribution in [0.25, 0.3) is 22.6 Å². The molecule has 0 saturated carbocycles. The Morgan fingerprint density at radius 3 is 2.55 bits per heavy atom. The van der Waals surface area contributed by atoms with Gasteiger partial charge in [0.2, 0.25) is 5.82 Å². The van der Waals surface area contributed by atoms with Gasteiger partial charge in [-0.05, 0) is 18.2 Å². The molecule has 4 rings (SSSR count). The summed E-state index contributed by atoms with van der Waals surface area (Å²) in [6.07, 6.45) is 3.47. The van der Waals surface area contributed by atoms with E-state index in [4.69, 9.17) is 14.5 Å². The van der Waals surface area contributed by atoms with Crippen molar-refractivity contribution >= 4 is 25.1 Å². The average Bonchev–Trinajstić information content (AvgIpc) is 3.15. The van der Waals surface area contributed by atoms with E-state index in [0.29, 0.717) is 56.6 Å². The van der Waals surface area contributed by atoms with Crippen molar-refractivity contribution in [3.8, 4) is 17.5 Å². The van der Waals surface area contributed by atoms with Crippen molar-refractivity contribution < 1.29 is 9.47 Å². The first-order valence-electron chi connectivity index (χ1n) is 10.5. The van der Waals surface area contributed by atoms with Gasteiger partial charge in [-0.15, -0.1) is 0 Å². The van der Waals surface area contributed by atoms with Crippen molar-refractivity contribution in [3.05, 3.63) is 30.4 Å². The molecule has 3 aromatic rings. The first-order chi connectivity index (χ1) is 15.0. The lowest BCUT2D eigenvalue weighted by Gasteiger charge is -2.27. The van der Waals surface area contributed by atoms with Crippen molar-refractivity contribution in [3.63, 3.8) is 0 Å². The topological polar surface area (TPSA) is 102 Å². The molecule has 162 valence electrons. The Hall–Kier alpha value is -2.87. The van der Waals surface area contributed by atoms with Gasteiger partial charge in [-0.1, -0.05) is 19.6 Å². The van der Waals surface area contributed by atoms with Gasteiger partial charge in [-0.25, -0.2) is 4.98 Å². The molecule has 0 aromatic carbocycles. The smallest absolute Gasteiger partial charge is 0.236 e. The number of morpholine rings is 1. The molecule has 4 heterocycles. The molecular formula is C21H27N7O2Si. The Kier molecular flexibility index (Phi) is 6.27. The van der Waals surface area contributed by atoms with Crippen molar-refractivity contribution in [2.24, 2.45) is 0 Å². The summed E-state index contributed by atoms with van der Waals surface area (Å²) >= 11 is 0. The number of hydrogen-bond acceptors (Lipinski definition) is 8. The van der Waals surface area contributed by atoms with Gasteiger partial charge in [-0.2, -0.15) is 15.2 Å². The van der Waals surface area contributed by atoms with E-state index in [-0.39, 0.29) is 5.82 Å². The molecule has 3 aromatic heterocycles. The molecule has 0 amide bonds. The van der Waals surface area contributed by atoms with Crippen LogP contribution < -0.4 is 4.90 Å². The summed E-state index contributed by atoms with van der Waals surface area (Å²) in [6.45, 7) is 10.6. The minimum atomic E-state index is -1.20. The van der Waals surface area contributed by atoms with E-state index in [2.05, 4.69) is 45.6 Å². The fourth-order valence-electron chi connectivity index (χ4n) is 3.41. The number of nitriles is 1. The van der Waals surface area contributed by atoms with Crippen LogP contribution in [0.5, 0.6) is 0 Å². The van der Waals surface area contributed by atoms with Gasteiger partial charge >= 0.3 is 0 Å². The molecular weight excluding hydrogens is 410 g/mol. The number of hydrogen-bond donors (Lipinski definition) is 0. The summed E-state index contributed by atoms with van der Waals surface area (Å²) in [5.41, 5.74) is 2.18. The van der Waals surface area contributed by atoms with Crippen molar-refractivity contribution in [1.82, 2.24) is 24.5 Å². The molecule has 1 saturated heterocycles. The second-order valence-corrected chi connectivity index (χ2v) is 14.3. The number of ether oxygens (including phenoxy) is 2. The number of rotatable bonds is 7. The van der Waals surface area contributed by atoms with Crippen LogP contribution in [-0.2, 0) is 16.2 Å². The van der Waals surface area contributed by atoms with E-state index in [1.807, 2.05) is 16.7 Å². The van der Waals surface area contributed by atoms with Crippen LogP contribution in [0.15, 0.2) is 24.5 Å². The van der Waals surface area contributed by atoms with Gasteiger partial charge < -0.3 is 14.4 Å². The Balaban J connectivity index is 1.79.